The summed E-state index contributed by atoms with van der Waals surface area (Å²) in [5.41, 5.74) is 0.813. The summed E-state index contributed by atoms with van der Waals surface area (Å²) in [5, 5.41) is 14.2. The van der Waals surface area contributed by atoms with Crippen LogP contribution in [-0.2, 0) is 6.54 Å². The number of aryl methyl sites for hydroxylation is 1. The second kappa shape index (κ2) is 6.38. The number of aromatic nitrogens is 2. The lowest BCUT2D eigenvalue weighted by molar-refractivity contribution is 0.170. The number of hydrogen-bond acceptors (Lipinski definition) is 3. The summed E-state index contributed by atoms with van der Waals surface area (Å²) in [5.74, 6) is 1.39. The number of nitrogens with zero attached hydrogens (tertiary/aromatic N) is 2. The van der Waals surface area contributed by atoms with E-state index in [1.54, 1.807) is 6.20 Å². The molecular formula is C15H20N2O2. The van der Waals surface area contributed by atoms with E-state index in [0.717, 1.165) is 18.5 Å². The third-order valence-corrected chi connectivity index (χ3v) is 2.95. The fourth-order valence-corrected chi connectivity index (χ4v) is 1.94. The zero-order chi connectivity index (χ0) is 13.7. The Morgan fingerprint density at radius 1 is 1.32 bits per heavy atom. The number of rotatable bonds is 6. The normalized spacial score (nSPS) is 12.4. The van der Waals surface area contributed by atoms with E-state index in [-0.39, 0.29) is 0 Å². The van der Waals surface area contributed by atoms with E-state index in [2.05, 4.69) is 12.0 Å². The number of aliphatic hydroxyl groups excluding tert-OH is 1. The summed E-state index contributed by atoms with van der Waals surface area (Å²) in [7, 11) is 0. The monoisotopic (exact) mass is 260 g/mol. The second-order valence-electron chi connectivity index (χ2n) is 4.50. The molecule has 0 unspecified atom stereocenters. The minimum atomic E-state index is -0.498. The Morgan fingerprint density at radius 2 is 2.11 bits per heavy atom. The maximum atomic E-state index is 9.98. The summed E-state index contributed by atoms with van der Waals surface area (Å²) in [6, 6.07) is 7.56. The van der Waals surface area contributed by atoms with E-state index in [4.69, 9.17) is 4.74 Å². The molecule has 102 valence electrons. The summed E-state index contributed by atoms with van der Waals surface area (Å²) in [4.78, 5) is 0. The standard InChI is InChI=1S/C15H20N2O2/c1-3-9-17-11-12(10-16-17)19-15-8-6-5-7-13(15)14(18)4-2/h5-8,10-11,14,18H,3-4,9H2,1-2H3/t14-/m0/s1. The Labute approximate surface area is 113 Å². The van der Waals surface area contributed by atoms with Gasteiger partial charge >= 0.3 is 0 Å². The van der Waals surface area contributed by atoms with Crippen molar-refractivity contribution in [3.8, 4) is 11.5 Å². The van der Waals surface area contributed by atoms with Crippen LogP contribution in [0.2, 0.25) is 0 Å². The predicted molar refractivity (Wildman–Crippen MR) is 74.3 cm³/mol. The SMILES string of the molecule is CCCn1cc(Oc2ccccc2[C@@H](O)CC)cn1. The lowest BCUT2D eigenvalue weighted by atomic mass is 10.1. The van der Waals surface area contributed by atoms with Gasteiger partial charge < -0.3 is 9.84 Å². The Bertz CT molecular complexity index is 522. The highest BCUT2D eigenvalue weighted by Gasteiger charge is 2.12. The van der Waals surface area contributed by atoms with E-state index < -0.39 is 6.10 Å². The first-order chi connectivity index (χ1) is 9.24. The predicted octanol–water partition coefficient (Wildman–Crippen LogP) is 3.53. The molecule has 19 heavy (non-hydrogen) atoms. The molecule has 0 aliphatic heterocycles. The Kier molecular flexibility index (Phi) is 4.58. The van der Waals surface area contributed by atoms with E-state index >= 15 is 0 Å². The van der Waals surface area contributed by atoms with Crippen molar-refractivity contribution in [2.24, 2.45) is 0 Å². The molecule has 1 heterocycles. The van der Waals surface area contributed by atoms with Gasteiger partial charge in [0.2, 0.25) is 0 Å². The molecule has 0 amide bonds. The van der Waals surface area contributed by atoms with Crippen molar-refractivity contribution in [1.29, 1.82) is 0 Å². The van der Waals surface area contributed by atoms with Crippen molar-refractivity contribution >= 4 is 0 Å². The van der Waals surface area contributed by atoms with Crippen molar-refractivity contribution in [3.05, 3.63) is 42.2 Å². The average molecular weight is 260 g/mol. The molecular weight excluding hydrogens is 240 g/mol. The molecule has 4 nitrogen and oxygen atoms in total. The molecule has 4 heteroatoms. The van der Waals surface area contributed by atoms with E-state index in [9.17, 15) is 5.11 Å². The molecule has 0 fully saturated rings. The molecule has 1 atom stereocenters. The van der Waals surface area contributed by atoms with Crippen LogP contribution in [0.3, 0.4) is 0 Å². The first-order valence-electron chi connectivity index (χ1n) is 6.71. The molecule has 0 saturated carbocycles. The van der Waals surface area contributed by atoms with Crippen LogP contribution in [-0.4, -0.2) is 14.9 Å². The third-order valence-electron chi connectivity index (χ3n) is 2.95. The first-order valence-corrected chi connectivity index (χ1v) is 6.71. The molecule has 1 aromatic heterocycles. The molecule has 0 radical (unpaired) electrons. The van der Waals surface area contributed by atoms with E-state index in [1.807, 2.05) is 42.1 Å². The molecule has 1 N–H and O–H groups in total. The number of hydrogen-bond donors (Lipinski definition) is 1. The van der Waals surface area contributed by atoms with Gasteiger partial charge in [0.15, 0.2) is 5.75 Å². The van der Waals surface area contributed by atoms with Crippen molar-refractivity contribution in [2.75, 3.05) is 0 Å². The maximum Gasteiger partial charge on any atom is 0.165 e. The van der Waals surface area contributed by atoms with Crippen LogP contribution < -0.4 is 4.74 Å². The summed E-state index contributed by atoms with van der Waals surface area (Å²) < 4.78 is 7.67. The van der Waals surface area contributed by atoms with Crippen molar-refractivity contribution in [1.82, 2.24) is 9.78 Å². The summed E-state index contributed by atoms with van der Waals surface area (Å²) >= 11 is 0. The number of aliphatic hydroxyl groups is 1. The molecule has 0 bridgehead atoms. The van der Waals surface area contributed by atoms with Crippen LogP contribution in [0.25, 0.3) is 0 Å². The molecule has 2 rings (SSSR count). The van der Waals surface area contributed by atoms with Gasteiger partial charge in [-0.1, -0.05) is 32.0 Å². The zero-order valence-electron chi connectivity index (χ0n) is 11.4. The Hall–Kier alpha value is -1.81. The van der Waals surface area contributed by atoms with Crippen LogP contribution >= 0.6 is 0 Å². The highest BCUT2D eigenvalue weighted by Crippen LogP contribution is 2.30. The van der Waals surface area contributed by atoms with Gasteiger partial charge in [0.25, 0.3) is 0 Å². The Morgan fingerprint density at radius 3 is 2.84 bits per heavy atom. The van der Waals surface area contributed by atoms with Gasteiger partial charge in [0, 0.05) is 12.1 Å². The third kappa shape index (κ3) is 3.35. The van der Waals surface area contributed by atoms with E-state index in [1.165, 1.54) is 0 Å². The largest absolute Gasteiger partial charge is 0.454 e. The van der Waals surface area contributed by atoms with Gasteiger partial charge in [-0.3, -0.25) is 4.68 Å². The highest BCUT2D eigenvalue weighted by atomic mass is 16.5. The highest BCUT2D eigenvalue weighted by molar-refractivity contribution is 5.38. The fourth-order valence-electron chi connectivity index (χ4n) is 1.94. The molecule has 2 aromatic rings. The first kappa shape index (κ1) is 13.6. The topological polar surface area (TPSA) is 47.3 Å². The fraction of sp³-hybridized carbons (Fsp3) is 0.400. The smallest absolute Gasteiger partial charge is 0.165 e. The minimum Gasteiger partial charge on any atom is -0.454 e. The van der Waals surface area contributed by atoms with E-state index in [0.29, 0.717) is 17.9 Å². The van der Waals surface area contributed by atoms with Gasteiger partial charge in [-0.25, -0.2) is 0 Å². The lowest BCUT2D eigenvalue weighted by Crippen LogP contribution is -1.98. The van der Waals surface area contributed by atoms with Gasteiger partial charge in [-0.05, 0) is 18.9 Å². The second-order valence-corrected chi connectivity index (χ2v) is 4.50. The quantitative estimate of drug-likeness (QED) is 0.864. The van der Waals surface area contributed by atoms with Crippen molar-refractivity contribution < 1.29 is 9.84 Å². The van der Waals surface area contributed by atoms with Gasteiger partial charge in [-0.2, -0.15) is 5.10 Å². The number of ether oxygens (including phenoxy) is 1. The molecule has 0 aliphatic carbocycles. The Balaban J connectivity index is 2.17. The molecule has 0 saturated heterocycles. The molecule has 1 aromatic carbocycles. The maximum absolute atomic E-state index is 9.98. The van der Waals surface area contributed by atoms with Crippen molar-refractivity contribution in [3.63, 3.8) is 0 Å². The van der Waals surface area contributed by atoms with Crippen LogP contribution in [0.1, 0.15) is 38.4 Å². The average Bonchev–Trinajstić information content (AvgIpc) is 2.86. The molecule has 0 aliphatic rings. The van der Waals surface area contributed by atoms with Crippen LogP contribution in [0.5, 0.6) is 11.5 Å². The van der Waals surface area contributed by atoms with Gasteiger partial charge in [-0.15, -0.1) is 0 Å². The lowest BCUT2D eigenvalue weighted by Gasteiger charge is -2.13. The zero-order valence-corrected chi connectivity index (χ0v) is 11.4. The van der Waals surface area contributed by atoms with Gasteiger partial charge in [0.05, 0.1) is 18.5 Å². The van der Waals surface area contributed by atoms with Gasteiger partial charge in [0.1, 0.15) is 5.75 Å². The number of para-hydroxylation sites is 1. The molecule has 0 spiro atoms. The minimum absolute atomic E-state index is 0.498. The summed E-state index contributed by atoms with van der Waals surface area (Å²) in [6.07, 6.45) is 4.77. The van der Waals surface area contributed by atoms with Crippen molar-refractivity contribution in [2.45, 2.75) is 39.3 Å². The van der Waals surface area contributed by atoms with Crippen LogP contribution in [0.15, 0.2) is 36.7 Å². The number of benzene rings is 1. The van der Waals surface area contributed by atoms with Crippen LogP contribution in [0, 0.1) is 0 Å². The summed E-state index contributed by atoms with van der Waals surface area (Å²) in [6.45, 7) is 4.93. The van der Waals surface area contributed by atoms with Crippen LogP contribution in [0.4, 0.5) is 0 Å².